The van der Waals surface area contributed by atoms with Crippen molar-refractivity contribution in [2.75, 3.05) is 18.8 Å². The highest BCUT2D eigenvalue weighted by atomic mass is 32.2. The summed E-state index contributed by atoms with van der Waals surface area (Å²) in [6, 6.07) is 19.9. The van der Waals surface area contributed by atoms with Crippen molar-refractivity contribution < 1.29 is 9.32 Å². The molecule has 3 aromatic rings. The molecule has 2 aromatic carbocycles. The summed E-state index contributed by atoms with van der Waals surface area (Å²) in [6.07, 6.45) is 1.43. The molecule has 1 atom stereocenters. The van der Waals surface area contributed by atoms with Crippen molar-refractivity contribution in [2.45, 2.75) is 23.7 Å². The third-order valence-corrected chi connectivity index (χ3v) is 5.71. The molecule has 5 nitrogen and oxygen atoms in total. The first kappa shape index (κ1) is 17.8. The Labute approximate surface area is 162 Å². The van der Waals surface area contributed by atoms with Gasteiger partial charge in [-0.3, -0.25) is 4.79 Å². The van der Waals surface area contributed by atoms with Gasteiger partial charge in [-0.15, -0.1) is 11.8 Å². The summed E-state index contributed by atoms with van der Waals surface area (Å²) >= 11 is 1.72. The maximum Gasteiger partial charge on any atom is 0.257 e. The highest BCUT2D eigenvalue weighted by Crippen LogP contribution is 2.28. The Kier molecular flexibility index (Phi) is 5.53. The van der Waals surface area contributed by atoms with Crippen molar-refractivity contribution in [3.63, 3.8) is 0 Å². The van der Waals surface area contributed by atoms with Crippen LogP contribution in [0.3, 0.4) is 0 Å². The second kappa shape index (κ2) is 8.39. The predicted molar refractivity (Wildman–Crippen MR) is 105 cm³/mol. The van der Waals surface area contributed by atoms with Crippen LogP contribution in [0.15, 0.2) is 70.1 Å². The Morgan fingerprint density at radius 2 is 1.85 bits per heavy atom. The van der Waals surface area contributed by atoms with Crippen LogP contribution in [-0.4, -0.2) is 39.8 Å². The highest BCUT2D eigenvalue weighted by molar-refractivity contribution is 7.99. The van der Waals surface area contributed by atoms with Gasteiger partial charge < -0.3 is 9.42 Å². The van der Waals surface area contributed by atoms with Crippen LogP contribution >= 0.6 is 11.8 Å². The van der Waals surface area contributed by atoms with E-state index < -0.39 is 0 Å². The molecule has 1 fully saturated rings. The predicted octanol–water partition coefficient (Wildman–Crippen LogP) is 4.23. The molecule has 0 radical (unpaired) electrons. The van der Waals surface area contributed by atoms with Gasteiger partial charge in [-0.25, -0.2) is 0 Å². The van der Waals surface area contributed by atoms with Gasteiger partial charge in [-0.05, 0) is 30.7 Å². The minimum Gasteiger partial charge on any atom is -0.342 e. The molecule has 1 aliphatic heterocycles. The molecule has 1 saturated heterocycles. The van der Waals surface area contributed by atoms with Crippen LogP contribution in [0.2, 0.25) is 0 Å². The van der Waals surface area contributed by atoms with Crippen LogP contribution in [0.1, 0.15) is 24.6 Å². The minimum absolute atomic E-state index is 0.150. The Balaban J connectivity index is 1.29. The molecule has 138 valence electrons. The molecule has 0 N–H and O–H groups in total. The van der Waals surface area contributed by atoms with Crippen LogP contribution in [0, 0.1) is 0 Å². The minimum atomic E-state index is 0.150. The van der Waals surface area contributed by atoms with Gasteiger partial charge in [-0.2, -0.15) is 4.98 Å². The lowest BCUT2D eigenvalue weighted by atomic mass is 10.1. The maximum atomic E-state index is 12.5. The molecule has 27 heavy (non-hydrogen) atoms. The third-order valence-electron chi connectivity index (χ3n) is 4.70. The number of carbonyl (C=O) groups is 1. The van der Waals surface area contributed by atoms with E-state index in [2.05, 4.69) is 22.3 Å². The molecule has 0 bridgehead atoms. The lowest BCUT2D eigenvalue weighted by molar-refractivity contribution is -0.129. The molecule has 6 heteroatoms. The fourth-order valence-electron chi connectivity index (χ4n) is 3.23. The number of amides is 1. The molecule has 1 amide bonds. The fraction of sp³-hybridized carbons (Fsp3) is 0.286. The summed E-state index contributed by atoms with van der Waals surface area (Å²) in [5, 5.41) is 4.14. The van der Waals surface area contributed by atoms with Gasteiger partial charge in [0, 0.05) is 41.6 Å². The molecule has 1 aliphatic rings. The number of hydrogen-bond acceptors (Lipinski definition) is 5. The van der Waals surface area contributed by atoms with Crippen molar-refractivity contribution in [3.05, 3.63) is 66.5 Å². The standard InChI is InChI=1S/C21H21N3O2S/c25-19(12-14-27-18-9-5-2-6-10-18)24-13-11-17(15-24)20-22-21(26-23-20)16-7-3-1-4-8-16/h1-10,17H,11-15H2/t17-/m0/s1. The normalized spacial score (nSPS) is 16.6. The molecular formula is C21H21N3O2S. The number of nitrogens with zero attached hydrogens (tertiary/aromatic N) is 3. The number of likely N-dealkylation sites (tertiary alicyclic amines) is 1. The molecule has 2 heterocycles. The number of benzene rings is 2. The third kappa shape index (κ3) is 4.39. The van der Waals surface area contributed by atoms with Crippen molar-refractivity contribution in [1.82, 2.24) is 15.0 Å². The summed E-state index contributed by atoms with van der Waals surface area (Å²) in [7, 11) is 0. The van der Waals surface area contributed by atoms with E-state index in [0.717, 1.165) is 24.3 Å². The Morgan fingerprint density at radius 3 is 2.63 bits per heavy atom. The summed E-state index contributed by atoms with van der Waals surface area (Å²) in [6.45, 7) is 1.43. The first-order valence-corrected chi connectivity index (χ1v) is 10.1. The van der Waals surface area contributed by atoms with Gasteiger partial charge in [0.2, 0.25) is 5.91 Å². The Hall–Kier alpha value is -2.60. The van der Waals surface area contributed by atoms with E-state index >= 15 is 0 Å². The van der Waals surface area contributed by atoms with E-state index in [1.54, 1.807) is 11.8 Å². The van der Waals surface area contributed by atoms with Crippen molar-refractivity contribution >= 4 is 17.7 Å². The first-order chi connectivity index (χ1) is 13.3. The lowest BCUT2D eigenvalue weighted by Gasteiger charge is -2.15. The van der Waals surface area contributed by atoms with Gasteiger partial charge in [0.15, 0.2) is 5.82 Å². The monoisotopic (exact) mass is 379 g/mol. The van der Waals surface area contributed by atoms with Crippen LogP contribution in [0.25, 0.3) is 11.5 Å². The van der Waals surface area contributed by atoms with Crippen molar-refractivity contribution in [3.8, 4) is 11.5 Å². The number of aromatic nitrogens is 2. The lowest BCUT2D eigenvalue weighted by Crippen LogP contribution is -2.28. The summed E-state index contributed by atoms with van der Waals surface area (Å²) in [4.78, 5) is 20.1. The summed E-state index contributed by atoms with van der Waals surface area (Å²) in [5.74, 6) is 2.38. The molecule has 0 spiro atoms. The largest absolute Gasteiger partial charge is 0.342 e. The zero-order valence-corrected chi connectivity index (χ0v) is 15.8. The Morgan fingerprint density at radius 1 is 1.11 bits per heavy atom. The summed E-state index contributed by atoms with van der Waals surface area (Å²) in [5.41, 5.74) is 0.917. The van der Waals surface area contributed by atoms with E-state index in [4.69, 9.17) is 4.52 Å². The average molecular weight is 379 g/mol. The molecule has 0 saturated carbocycles. The van der Waals surface area contributed by atoms with Crippen LogP contribution in [0.5, 0.6) is 0 Å². The van der Waals surface area contributed by atoms with Crippen LogP contribution in [-0.2, 0) is 4.79 Å². The Bertz CT molecular complexity index is 883. The van der Waals surface area contributed by atoms with Crippen LogP contribution in [0.4, 0.5) is 0 Å². The highest BCUT2D eigenvalue weighted by Gasteiger charge is 2.30. The second-order valence-electron chi connectivity index (χ2n) is 6.56. The van der Waals surface area contributed by atoms with E-state index in [9.17, 15) is 4.79 Å². The number of rotatable bonds is 6. The zero-order chi connectivity index (χ0) is 18.5. The SMILES string of the molecule is O=C(CCSc1ccccc1)N1CC[C@H](c2noc(-c3ccccc3)n2)C1. The van der Waals surface area contributed by atoms with Gasteiger partial charge in [-0.1, -0.05) is 41.6 Å². The molecule has 0 aliphatic carbocycles. The molecular weight excluding hydrogens is 358 g/mol. The van der Waals surface area contributed by atoms with Crippen molar-refractivity contribution in [2.24, 2.45) is 0 Å². The van der Waals surface area contributed by atoms with Crippen molar-refractivity contribution in [1.29, 1.82) is 0 Å². The zero-order valence-electron chi connectivity index (χ0n) is 15.0. The molecule has 0 unspecified atom stereocenters. The van der Waals surface area contributed by atoms with E-state index in [-0.39, 0.29) is 11.8 Å². The van der Waals surface area contributed by atoms with Gasteiger partial charge in [0.25, 0.3) is 5.89 Å². The first-order valence-electron chi connectivity index (χ1n) is 9.14. The molecule has 1 aromatic heterocycles. The van der Waals surface area contributed by atoms with E-state index in [0.29, 0.717) is 24.7 Å². The topological polar surface area (TPSA) is 59.2 Å². The van der Waals surface area contributed by atoms with Gasteiger partial charge in [0.1, 0.15) is 0 Å². The van der Waals surface area contributed by atoms with E-state index in [1.807, 2.05) is 53.4 Å². The smallest absolute Gasteiger partial charge is 0.257 e. The maximum absolute atomic E-state index is 12.5. The molecule has 4 rings (SSSR count). The number of carbonyl (C=O) groups excluding carboxylic acids is 1. The van der Waals surface area contributed by atoms with Crippen LogP contribution < -0.4 is 0 Å². The van der Waals surface area contributed by atoms with Gasteiger partial charge >= 0.3 is 0 Å². The van der Waals surface area contributed by atoms with E-state index in [1.165, 1.54) is 4.90 Å². The fourth-order valence-corrected chi connectivity index (χ4v) is 4.09. The average Bonchev–Trinajstić information content (AvgIpc) is 3.39. The number of thioether (sulfide) groups is 1. The second-order valence-corrected chi connectivity index (χ2v) is 7.73. The quantitative estimate of drug-likeness (QED) is 0.600. The summed E-state index contributed by atoms with van der Waals surface area (Å²) < 4.78 is 5.40. The van der Waals surface area contributed by atoms with Gasteiger partial charge in [0.05, 0.1) is 0 Å². The number of hydrogen-bond donors (Lipinski definition) is 0.